The molecule has 3 aliphatic heterocycles. The van der Waals surface area contributed by atoms with Crippen molar-refractivity contribution in [2.24, 2.45) is 11.8 Å². The SMILES string of the molecule is O=C1CCC(N2C(=O)c3cc(F)cc([C@@H]4[C@@H]5CC[C@H]4CNC5)c3C2=O)C(=O)N1. The molecule has 2 saturated heterocycles. The average molecular weight is 385 g/mol. The maximum atomic E-state index is 14.4. The Hall–Kier alpha value is -2.61. The van der Waals surface area contributed by atoms with E-state index in [-0.39, 0.29) is 29.9 Å². The molecule has 4 amide bonds. The highest BCUT2D eigenvalue weighted by Crippen LogP contribution is 2.48. The summed E-state index contributed by atoms with van der Waals surface area (Å²) in [5.74, 6) is -2.19. The summed E-state index contributed by atoms with van der Waals surface area (Å²) in [6.45, 7) is 1.62. The van der Waals surface area contributed by atoms with Crippen molar-refractivity contribution >= 4 is 23.6 Å². The van der Waals surface area contributed by atoms with Crippen LogP contribution in [0.1, 0.15) is 57.9 Å². The molecule has 0 radical (unpaired) electrons. The number of nitrogens with zero attached hydrogens (tertiary/aromatic N) is 1. The van der Waals surface area contributed by atoms with Crippen LogP contribution in [0.4, 0.5) is 4.39 Å². The molecular weight excluding hydrogens is 365 g/mol. The van der Waals surface area contributed by atoms with Crippen LogP contribution in [0.15, 0.2) is 12.1 Å². The van der Waals surface area contributed by atoms with E-state index in [4.69, 9.17) is 0 Å². The summed E-state index contributed by atoms with van der Waals surface area (Å²) >= 11 is 0. The van der Waals surface area contributed by atoms with E-state index in [0.29, 0.717) is 17.4 Å². The molecule has 8 heteroatoms. The molecule has 1 aromatic carbocycles. The highest BCUT2D eigenvalue weighted by Gasteiger charge is 2.49. The standard InChI is InChI=1S/C20H20FN3O4/c21-11-5-12(16-9-1-2-10(16)8-22-7-9)17-13(6-11)19(27)24(20(17)28)14-3-4-15(25)23-18(14)26/h5-6,9-10,14,16,22H,1-4,7-8H2,(H,23,25,26)/t9-,10+,14?,16-. The van der Waals surface area contributed by atoms with Gasteiger partial charge in [-0.05, 0) is 67.8 Å². The number of halogens is 1. The molecule has 1 aromatic rings. The summed E-state index contributed by atoms with van der Waals surface area (Å²) in [7, 11) is 0. The summed E-state index contributed by atoms with van der Waals surface area (Å²) in [5, 5.41) is 5.56. The first kappa shape index (κ1) is 17.5. The first-order valence-corrected chi connectivity index (χ1v) is 9.71. The lowest BCUT2D eigenvalue weighted by Crippen LogP contribution is -2.54. The number of carbonyl (C=O) groups is 4. The minimum atomic E-state index is -1.04. The van der Waals surface area contributed by atoms with Gasteiger partial charge in [-0.15, -0.1) is 0 Å². The molecule has 7 nitrogen and oxygen atoms in total. The van der Waals surface area contributed by atoms with Gasteiger partial charge in [-0.25, -0.2) is 4.39 Å². The minimum absolute atomic E-state index is 0.0302. The van der Waals surface area contributed by atoms with Gasteiger partial charge in [0.05, 0.1) is 11.1 Å². The Bertz CT molecular complexity index is 914. The molecule has 1 aliphatic carbocycles. The van der Waals surface area contributed by atoms with Gasteiger partial charge in [-0.1, -0.05) is 0 Å². The van der Waals surface area contributed by atoms with Gasteiger partial charge in [0.15, 0.2) is 0 Å². The first-order chi connectivity index (χ1) is 13.5. The summed E-state index contributed by atoms with van der Waals surface area (Å²) in [6.07, 6.45) is 2.16. The highest BCUT2D eigenvalue weighted by molar-refractivity contribution is 6.24. The number of amides is 4. The number of hydrogen-bond donors (Lipinski definition) is 2. The second-order valence-corrected chi connectivity index (χ2v) is 8.15. The average Bonchev–Trinajstić information content (AvgIpc) is 3.04. The number of piperidine rings is 2. The van der Waals surface area contributed by atoms with E-state index in [0.717, 1.165) is 36.9 Å². The van der Waals surface area contributed by atoms with Gasteiger partial charge in [0.25, 0.3) is 11.8 Å². The molecule has 28 heavy (non-hydrogen) atoms. The number of hydrogen-bond acceptors (Lipinski definition) is 5. The molecule has 4 atom stereocenters. The van der Waals surface area contributed by atoms with E-state index in [9.17, 15) is 23.6 Å². The second-order valence-electron chi connectivity index (χ2n) is 8.15. The minimum Gasteiger partial charge on any atom is -0.316 e. The van der Waals surface area contributed by atoms with E-state index >= 15 is 0 Å². The Labute approximate surface area is 160 Å². The van der Waals surface area contributed by atoms with Gasteiger partial charge in [0.1, 0.15) is 11.9 Å². The Morgan fingerprint density at radius 2 is 1.68 bits per heavy atom. The fraction of sp³-hybridized carbons (Fsp3) is 0.500. The number of benzene rings is 1. The molecule has 2 bridgehead atoms. The number of nitrogens with one attached hydrogen (secondary N) is 2. The lowest BCUT2D eigenvalue weighted by atomic mass is 9.78. The lowest BCUT2D eigenvalue weighted by Gasteiger charge is -2.32. The quantitative estimate of drug-likeness (QED) is 0.739. The van der Waals surface area contributed by atoms with Gasteiger partial charge < -0.3 is 5.32 Å². The zero-order chi connectivity index (χ0) is 19.6. The van der Waals surface area contributed by atoms with Gasteiger partial charge in [-0.3, -0.25) is 29.4 Å². The third kappa shape index (κ3) is 2.44. The monoisotopic (exact) mass is 385 g/mol. The van der Waals surface area contributed by atoms with Crippen LogP contribution in [-0.4, -0.2) is 47.7 Å². The smallest absolute Gasteiger partial charge is 0.262 e. The number of fused-ring (bicyclic) bond motifs is 3. The van der Waals surface area contributed by atoms with Gasteiger partial charge in [0, 0.05) is 6.42 Å². The Balaban J connectivity index is 1.57. The largest absolute Gasteiger partial charge is 0.316 e. The third-order valence-electron chi connectivity index (χ3n) is 6.63. The maximum Gasteiger partial charge on any atom is 0.262 e. The van der Waals surface area contributed by atoms with Gasteiger partial charge in [0.2, 0.25) is 11.8 Å². The Morgan fingerprint density at radius 3 is 2.36 bits per heavy atom. The molecule has 3 fully saturated rings. The number of imide groups is 2. The Morgan fingerprint density at radius 1 is 0.964 bits per heavy atom. The van der Waals surface area contributed by atoms with E-state index in [2.05, 4.69) is 10.6 Å². The highest BCUT2D eigenvalue weighted by atomic mass is 19.1. The molecule has 1 saturated carbocycles. The van der Waals surface area contributed by atoms with Crippen LogP contribution in [0.2, 0.25) is 0 Å². The summed E-state index contributed by atoms with van der Waals surface area (Å²) in [4.78, 5) is 50.8. The van der Waals surface area contributed by atoms with Gasteiger partial charge >= 0.3 is 0 Å². The zero-order valence-electron chi connectivity index (χ0n) is 15.2. The molecule has 2 N–H and O–H groups in total. The van der Waals surface area contributed by atoms with Crippen molar-refractivity contribution in [2.75, 3.05) is 13.1 Å². The van der Waals surface area contributed by atoms with Crippen LogP contribution < -0.4 is 10.6 Å². The zero-order valence-corrected chi connectivity index (χ0v) is 15.2. The number of carbonyl (C=O) groups excluding carboxylic acids is 4. The molecule has 3 heterocycles. The summed E-state index contributed by atoms with van der Waals surface area (Å²) in [6, 6.07) is 1.44. The predicted molar refractivity (Wildman–Crippen MR) is 94.9 cm³/mol. The van der Waals surface area contributed by atoms with Crippen molar-refractivity contribution in [2.45, 2.75) is 37.6 Å². The van der Waals surface area contributed by atoms with E-state index < -0.39 is 35.5 Å². The third-order valence-corrected chi connectivity index (χ3v) is 6.63. The van der Waals surface area contributed by atoms with Crippen molar-refractivity contribution in [3.63, 3.8) is 0 Å². The summed E-state index contributed by atoms with van der Waals surface area (Å²) in [5.41, 5.74) is 0.861. The van der Waals surface area contributed by atoms with Crippen molar-refractivity contribution in [3.8, 4) is 0 Å². The van der Waals surface area contributed by atoms with Crippen LogP contribution in [0.3, 0.4) is 0 Å². The van der Waals surface area contributed by atoms with Crippen LogP contribution in [-0.2, 0) is 9.59 Å². The van der Waals surface area contributed by atoms with Crippen LogP contribution >= 0.6 is 0 Å². The lowest BCUT2D eigenvalue weighted by molar-refractivity contribution is -0.136. The van der Waals surface area contributed by atoms with Crippen molar-refractivity contribution in [1.82, 2.24) is 15.5 Å². The molecule has 146 valence electrons. The van der Waals surface area contributed by atoms with Gasteiger partial charge in [-0.2, -0.15) is 0 Å². The Kier molecular flexibility index (Phi) is 3.87. The molecule has 1 unspecified atom stereocenters. The second kappa shape index (κ2) is 6.20. The molecular formula is C20H20FN3O4. The van der Waals surface area contributed by atoms with Crippen LogP contribution in [0.5, 0.6) is 0 Å². The van der Waals surface area contributed by atoms with Crippen LogP contribution in [0, 0.1) is 17.7 Å². The first-order valence-electron chi connectivity index (χ1n) is 9.71. The topological polar surface area (TPSA) is 95.6 Å². The fourth-order valence-electron chi connectivity index (χ4n) is 5.44. The summed E-state index contributed by atoms with van der Waals surface area (Å²) < 4.78 is 14.4. The predicted octanol–water partition coefficient (Wildman–Crippen LogP) is 0.940. The molecule has 5 rings (SSSR count). The number of rotatable bonds is 2. The molecule has 4 aliphatic rings. The van der Waals surface area contributed by atoms with E-state index in [1.165, 1.54) is 6.07 Å². The molecule has 0 aromatic heterocycles. The van der Waals surface area contributed by atoms with E-state index in [1.807, 2.05) is 0 Å². The molecule has 0 spiro atoms. The fourth-order valence-corrected chi connectivity index (χ4v) is 5.44. The normalized spacial score (nSPS) is 32.0. The van der Waals surface area contributed by atoms with Crippen molar-refractivity contribution in [3.05, 3.63) is 34.6 Å². The maximum absolute atomic E-state index is 14.4. The van der Waals surface area contributed by atoms with Crippen molar-refractivity contribution in [1.29, 1.82) is 0 Å². The van der Waals surface area contributed by atoms with E-state index in [1.54, 1.807) is 0 Å². The van der Waals surface area contributed by atoms with Crippen molar-refractivity contribution < 1.29 is 23.6 Å². The van der Waals surface area contributed by atoms with Crippen LogP contribution in [0.25, 0.3) is 0 Å².